The third kappa shape index (κ3) is 3.22. The van der Waals surface area contributed by atoms with Crippen molar-refractivity contribution in [3.63, 3.8) is 0 Å². The zero-order valence-corrected chi connectivity index (χ0v) is 22.6. The smallest absolute Gasteiger partial charge is 0.234 e. The minimum Gasteiger partial charge on any atom is -0.309 e. The van der Waals surface area contributed by atoms with Crippen molar-refractivity contribution in [1.29, 1.82) is 0 Å². The van der Waals surface area contributed by atoms with E-state index in [0.717, 1.165) is 38.1 Å². The molecule has 4 heteroatoms. The molecular weight excluding hydrogens is 507 g/mol. The molecule has 0 fully saturated rings. The molecule has 0 aliphatic rings. The van der Waals surface area contributed by atoms with Crippen LogP contribution in [0.15, 0.2) is 152 Å². The van der Waals surface area contributed by atoms with E-state index in [9.17, 15) is 0 Å². The molecule has 8 rings (SSSR count). The first-order chi connectivity index (χ1) is 19.7. The predicted octanol–water partition coefficient (Wildman–Crippen LogP) is 8.67. The molecule has 2 heterocycles. The number of nitrogens with zero attached hydrogens (tertiary/aromatic N) is 2. The minimum atomic E-state index is -3.26. The Morgan fingerprint density at radius 2 is 0.825 bits per heavy atom. The van der Waals surface area contributed by atoms with Gasteiger partial charge in [0.15, 0.2) is 0 Å². The summed E-state index contributed by atoms with van der Waals surface area (Å²) in [6, 6.07) is 51.8. The Hall–Kier alpha value is -4.85. The van der Waals surface area contributed by atoms with Crippen molar-refractivity contribution in [2.24, 2.45) is 0 Å². The summed E-state index contributed by atoms with van der Waals surface area (Å²) in [4.78, 5) is 0. The number of benzene rings is 6. The normalized spacial score (nSPS) is 12.1. The quantitative estimate of drug-likeness (QED) is 0.208. The van der Waals surface area contributed by atoms with Crippen LogP contribution in [0.4, 0.5) is 0 Å². The molecule has 0 saturated heterocycles. The third-order valence-corrected chi connectivity index (χ3v) is 11.0. The van der Waals surface area contributed by atoms with E-state index in [2.05, 4.69) is 93.8 Å². The molecule has 40 heavy (non-hydrogen) atoms. The average molecular weight is 533 g/mol. The molecule has 190 valence electrons. The lowest BCUT2D eigenvalue weighted by atomic mass is 10.1. The number of para-hydroxylation sites is 3. The van der Waals surface area contributed by atoms with Crippen molar-refractivity contribution in [2.45, 2.75) is 0 Å². The van der Waals surface area contributed by atoms with Crippen LogP contribution in [-0.4, -0.2) is 8.90 Å². The van der Waals surface area contributed by atoms with Crippen LogP contribution < -0.4 is 10.6 Å². The van der Waals surface area contributed by atoms with Crippen molar-refractivity contribution < 1.29 is 4.57 Å². The van der Waals surface area contributed by atoms with Gasteiger partial charge in [-0.1, -0.05) is 91.0 Å². The van der Waals surface area contributed by atoms with Gasteiger partial charge in [-0.15, -0.1) is 0 Å². The summed E-state index contributed by atoms with van der Waals surface area (Å²) in [7, 11) is -3.26. The summed E-state index contributed by atoms with van der Waals surface area (Å²) in [5.41, 5.74) is 5.36. The highest BCUT2D eigenvalue weighted by atomic mass is 31.2. The zero-order valence-electron chi connectivity index (χ0n) is 21.7. The standard InChI is InChI=1S/C36H25N2OP/c39-40(27-13-3-1-4-14-27,28-15-5-2-6-16-28)38-35-22-12-9-19-31(35)32-25-26(23-24-36(32)38)37-33-20-10-7-17-29(33)30-18-8-11-21-34(30)37/h1-25H. The number of aromatic nitrogens is 2. The van der Waals surface area contributed by atoms with Crippen molar-refractivity contribution in [3.05, 3.63) is 152 Å². The highest BCUT2D eigenvalue weighted by Crippen LogP contribution is 2.51. The second-order valence-electron chi connectivity index (χ2n) is 10.1. The van der Waals surface area contributed by atoms with E-state index in [4.69, 9.17) is 0 Å². The van der Waals surface area contributed by atoms with E-state index < -0.39 is 7.29 Å². The van der Waals surface area contributed by atoms with E-state index in [1.54, 1.807) is 0 Å². The predicted molar refractivity (Wildman–Crippen MR) is 169 cm³/mol. The van der Waals surface area contributed by atoms with Crippen LogP contribution in [0.2, 0.25) is 0 Å². The number of hydrogen-bond donors (Lipinski definition) is 0. The largest absolute Gasteiger partial charge is 0.309 e. The second kappa shape index (κ2) is 8.84. The van der Waals surface area contributed by atoms with Crippen molar-refractivity contribution in [2.75, 3.05) is 0 Å². The lowest BCUT2D eigenvalue weighted by Crippen LogP contribution is -2.21. The van der Waals surface area contributed by atoms with Crippen molar-refractivity contribution >= 4 is 61.5 Å². The summed E-state index contributed by atoms with van der Waals surface area (Å²) in [5, 5.41) is 6.27. The molecule has 0 atom stereocenters. The highest BCUT2D eigenvalue weighted by molar-refractivity contribution is 7.77. The van der Waals surface area contributed by atoms with E-state index in [1.807, 2.05) is 66.7 Å². The van der Waals surface area contributed by atoms with Crippen LogP contribution in [-0.2, 0) is 4.57 Å². The minimum absolute atomic E-state index is 0.815. The summed E-state index contributed by atoms with van der Waals surface area (Å²) < 4.78 is 20.0. The van der Waals surface area contributed by atoms with Gasteiger partial charge in [-0.05, 0) is 60.7 Å². The van der Waals surface area contributed by atoms with Gasteiger partial charge in [-0.2, -0.15) is 0 Å². The first-order valence-electron chi connectivity index (χ1n) is 13.5. The highest BCUT2D eigenvalue weighted by Gasteiger charge is 2.33. The van der Waals surface area contributed by atoms with Gasteiger partial charge in [0.2, 0.25) is 7.29 Å². The molecule has 0 aliphatic heterocycles. The Kier molecular flexibility index (Phi) is 5.10. The Morgan fingerprint density at radius 3 is 1.38 bits per heavy atom. The van der Waals surface area contributed by atoms with Crippen LogP contribution in [0.5, 0.6) is 0 Å². The molecule has 0 amide bonds. The van der Waals surface area contributed by atoms with Gasteiger partial charge in [-0.3, -0.25) is 8.90 Å². The molecule has 0 saturated carbocycles. The Morgan fingerprint density at radius 1 is 0.400 bits per heavy atom. The molecule has 0 unspecified atom stereocenters. The van der Waals surface area contributed by atoms with Crippen molar-refractivity contribution in [1.82, 2.24) is 8.90 Å². The Labute approximate surface area is 232 Å². The number of fused-ring (bicyclic) bond motifs is 6. The maximum Gasteiger partial charge on any atom is 0.234 e. The lowest BCUT2D eigenvalue weighted by Gasteiger charge is -2.23. The summed E-state index contributed by atoms with van der Waals surface area (Å²) in [6.45, 7) is 0. The molecule has 2 aromatic heterocycles. The maximum absolute atomic E-state index is 15.5. The van der Waals surface area contributed by atoms with E-state index in [1.165, 1.54) is 21.8 Å². The molecule has 0 N–H and O–H groups in total. The van der Waals surface area contributed by atoms with Crippen molar-refractivity contribution in [3.8, 4) is 5.69 Å². The van der Waals surface area contributed by atoms with Gasteiger partial charge < -0.3 is 4.57 Å². The van der Waals surface area contributed by atoms with Crippen LogP contribution in [0.25, 0.3) is 49.3 Å². The van der Waals surface area contributed by atoms with Crippen LogP contribution in [0, 0.1) is 0 Å². The van der Waals surface area contributed by atoms with Gasteiger partial charge in [-0.25, -0.2) is 0 Å². The van der Waals surface area contributed by atoms with Crippen LogP contribution >= 0.6 is 7.29 Å². The summed E-state index contributed by atoms with van der Waals surface area (Å²) in [6.07, 6.45) is 0. The van der Waals surface area contributed by atoms with Gasteiger partial charge in [0.05, 0.1) is 22.1 Å². The van der Waals surface area contributed by atoms with E-state index >= 15 is 4.57 Å². The zero-order chi connectivity index (χ0) is 26.7. The summed E-state index contributed by atoms with van der Waals surface area (Å²) in [5.74, 6) is 0. The molecule has 0 aliphatic carbocycles. The maximum atomic E-state index is 15.5. The third-order valence-electron chi connectivity index (χ3n) is 7.96. The molecule has 0 bridgehead atoms. The molecular formula is C36H25N2OP. The van der Waals surface area contributed by atoms with Gasteiger partial charge in [0.1, 0.15) is 0 Å². The van der Waals surface area contributed by atoms with E-state index in [0.29, 0.717) is 0 Å². The second-order valence-corrected chi connectivity index (χ2v) is 12.7. The fraction of sp³-hybridized carbons (Fsp3) is 0. The van der Waals surface area contributed by atoms with Gasteiger partial charge in [0, 0.05) is 37.8 Å². The van der Waals surface area contributed by atoms with Crippen LogP contribution in [0.3, 0.4) is 0 Å². The summed E-state index contributed by atoms with van der Waals surface area (Å²) >= 11 is 0. The monoisotopic (exact) mass is 532 g/mol. The lowest BCUT2D eigenvalue weighted by molar-refractivity contribution is 0.583. The SMILES string of the molecule is O=P(c1ccccc1)(c1ccccc1)n1c2ccccc2c2cc(-n3c4ccccc4c4ccccc43)ccc21. The fourth-order valence-corrected chi connectivity index (χ4v) is 9.09. The average Bonchev–Trinajstić information content (AvgIpc) is 3.54. The van der Waals surface area contributed by atoms with Gasteiger partial charge in [0.25, 0.3) is 0 Å². The molecule has 3 nitrogen and oxygen atoms in total. The Balaban J connectivity index is 1.48. The number of rotatable bonds is 4. The van der Waals surface area contributed by atoms with Gasteiger partial charge >= 0.3 is 0 Å². The molecule has 6 aromatic carbocycles. The first kappa shape index (κ1) is 23.1. The van der Waals surface area contributed by atoms with Crippen LogP contribution in [0.1, 0.15) is 0 Å². The van der Waals surface area contributed by atoms with E-state index in [-0.39, 0.29) is 0 Å². The molecule has 8 aromatic rings. The molecule has 0 radical (unpaired) electrons. The Bertz CT molecular complexity index is 2150. The topological polar surface area (TPSA) is 26.9 Å². The fourth-order valence-electron chi connectivity index (χ4n) is 6.22. The first-order valence-corrected chi connectivity index (χ1v) is 15.1. The molecule has 0 spiro atoms. The number of hydrogen-bond acceptors (Lipinski definition) is 1.